The highest BCUT2D eigenvalue weighted by atomic mass is 16.6. The molecular formula is C17H27N5O6. The van der Waals surface area contributed by atoms with E-state index in [1.165, 1.54) is 0 Å². The molecule has 1 fully saturated rings. The lowest BCUT2D eigenvalue weighted by Gasteiger charge is -2.26. The topological polar surface area (TPSA) is 143 Å². The van der Waals surface area contributed by atoms with Crippen molar-refractivity contribution in [3.8, 4) is 0 Å². The molecule has 1 aliphatic heterocycles. The van der Waals surface area contributed by atoms with Crippen LogP contribution in [0.25, 0.3) is 0 Å². The quantitative estimate of drug-likeness (QED) is 0.289. The smallest absolute Gasteiger partial charge is 0.299 e. The number of ether oxygens (including phenoxy) is 1. The molecule has 1 aliphatic rings. The maximum absolute atomic E-state index is 11.5. The molecule has 0 aromatic heterocycles. The highest BCUT2D eigenvalue weighted by Crippen LogP contribution is 2.40. The van der Waals surface area contributed by atoms with Crippen LogP contribution in [0.15, 0.2) is 6.07 Å². The van der Waals surface area contributed by atoms with Crippen molar-refractivity contribution in [2.45, 2.75) is 19.8 Å². The number of aliphatic hydroxyl groups excluding tert-OH is 1. The van der Waals surface area contributed by atoms with Gasteiger partial charge in [-0.3, -0.25) is 25.1 Å². The molecule has 0 amide bonds. The minimum absolute atomic E-state index is 0.0561. The van der Waals surface area contributed by atoms with Crippen molar-refractivity contribution in [1.29, 1.82) is 0 Å². The van der Waals surface area contributed by atoms with Gasteiger partial charge in [0.1, 0.15) is 11.4 Å². The zero-order valence-electron chi connectivity index (χ0n) is 16.0. The normalized spacial score (nSPS) is 14.6. The van der Waals surface area contributed by atoms with Gasteiger partial charge in [0.25, 0.3) is 11.4 Å². The molecule has 1 saturated heterocycles. The van der Waals surface area contributed by atoms with Gasteiger partial charge in [-0.2, -0.15) is 0 Å². The Morgan fingerprint density at radius 2 is 1.61 bits per heavy atom. The molecule has 0 unspecified atom stereocenters. The Morgan fingerprint density at radius 1 is 1.07 bits per heavy atom. The van der Waals surface area contributed by atoms with Gasteiger partial charge < -0.3 is 20.5 Å². The van der Waals surface area contributed by atoms with Gasteiger partial charge in [-0.15, -0.1) is 0 Å². The number of nitro benzene ring substituents is 2. The van der Waals surface area contributed by atoms with Gasteiger partial charge in [0.05, 0.1) is 29.1 Å². The lowest BCUT2D eigenvalue weighted by atomic mass is 10.1. The molecule has 2 rings (SSSR count). The number of nitro groups is 2. The summed E-state index contributed by atoms with van der Waals surface area (Å²) in [5.74, 6) is 0. The molecule has 1 aromatic rings. The van der Waals surface area contributed by atoms with Gasteiger partial charge >= 0.3 is 0 Å². The van der Waals surface area contributed by atoms with Crippen LogP contribution in [-0.2, 0) is 4.74 Å². The minimum atomic E-state index is -0.635. The Bertz CT molecular complexity index is 693. The van der Waals surface area contributed by atoms with E-state index in [4.69, 9.17) is 9.84 Å². The van der Waals surface area contributed by atoms with E-state index in [-0.39, 0.29) is 29.4 Å². The van der Waals surface area contributed by atoms with E-state index >= 15 is 0 Å². The van der Waals surface area contributed by atoms with Crippen molar-refractivity contribution in [2.24, 2.45) is 0 Å². The Labute approximate surface area is 163 Å². The summed E-state index contributed by atoms with van der Waals surface area (Å²) in [6.07, 6.45) is 1.19. The first-order valence-electron chi connectivity index (χ1n) is 9.30. The van der Waals surface area contributed by atoms with E-state index in [1.54, 1.807) is 6.92 Å². The maximum atomic E-state index is 11.5. The Kier molecular flexibility index (Phi) is 8.36. The maximum Gasteiger partial charge on any atom is 0.299 e. The van der Waals surface area contributed by atoms with E-state index in [0.717, 1.165) is 32.1 Å². The largest absolute Gasteiger partial charge is 0.396 e. The summed E-state index contributed by atoms with van der Waals surface area (Å²) in [7, 11) is 0. The fourth-order valence-corrected chi connectivity index (χ4v) is 3.15. The second-order valence-electron chi connectivity index (χ2n) is 6.54. The third-order valence-electron chi connectivity index (χ3n) is 4.62. The molecule has 28 heavy (non-hydrogen) atoms. The fraction of sp³-hybridized carbons (Fsp3) is 0.647. The molecule has 0 spiro atoms. The van der Waals surface area contributed by atoms with Crippen molar-refractivity contribution in [3.05, 3.63) is 31.9 Å². The molecule has 0 aliphatic carbocycles. The number of nitrogens with zero attached hydrogens (tertiary/aromatic N) is 3. The molecule has 3 N–H and O–H groups in total. The van der Waals surface area contributed by atoms with Gasteiger partial charge in [0.2, 0.25) is 0 Å². The highest BCUT2D eigenvalue weighted by molar-refractivity contribution is 5.82. The molecular weight excluding hydrogens is 370 g/mol. The Hall–Kier alpha value is -2.50. The zero-order chi connectivity index (χ0) is 20.5. The first kappa shape index (κ1) is 21.8. The van der Waals surface area contributed by atoms with E-state index < -0.39 is 9.85 Å². The van der Waals surface area contributed by atoms with E-state index in [2.05, 4.69) is 15.5 Å². The molecule has 0 bridgehead atoms. The number of rotatable bonds is 11. The summed E-state index contributed by atoms with van der Waals surface area (Å²) in [5, 5.41) is 37.8. The van der Waals surface area contributed by atoms with Crippen molar-refractivity contribution in [1.82, 2.24) is 4.90 Å². The third kappa shape index (κ3) is 5.75. The molecule has 0 atom stereocenters. The Balaban J connectivity index is 2.16. The van der Waals surface area contributed by atoms with Crippen molar-refractivity contribution in [3.63, 3.8) is 0 Å². The number of nitrogens with one attached hydrogen (secondary N) is 2. The van der Waals surface area contributed by atoms with Crippen LogP contribution in [0.4, 0.5) is 22.7 Å². The van der Waals surface area contributed by atoms with Gasteiger partial charge in [-0.25, -0.2) is 0 Å². The number of morpholine rings is 1. The van der Waals surface area contributed by atoms with Gasteiger partial charge in [0, 0.05) is 38.3 Å². The second kappa shape index (κ2) is 10.7. The average Bonchev–Trinajstić information content (AvgIpc) is 2.67. The molecule has 0 radical (unpaired) electrons. The summed E-state index contributed by atoms with van der Waals surface area (Å²) >= 11 is 0. The first-order chi connectivity index (χ1) is 13.5. The van der Waals surface area contributed by atoms with Crippen LogP contribution in [0.2, 0.25) is 0 Å². The summed E-state index contributed by atoms with van der Waals surface area (Å²) in [4.78, 5) is 23.9. The SMILES string of the molecule is Cc1c(NCCCO)c([N+](=O)[O-])cc([N+](=O)[O-])c1NCCCN1CCOCC1. The fourth-order valence-electron chi connectivity index (χ4n) is 3.15. The van der Waals surface area contributed by atoms with Gasteiger partial charge in [0.15, 0.2) is 0 Å². The highest BCUT2D eigenvalue weighted by Gasteiger charge is 2.28. The number of hydrogen-bond acceptors (Lipinski definition) is 9. The molecule has 1 aromatic carbocycles. The van der Waals surface area contributed by atoms with E-state index in [0.29, 0.717) is 38.3 Å². The first-order valence-corrected chi connectivity index (χ1v) is 9.30. The zero-order valence-corrected chi connectivity index (χ0v) is 16.0. The molecule has 11 heteroatoms. The molecule has 1 heterocycles. The van der Waals surface area contributed by atoms with Gasteiger partial charge in [-0.05, 0) is 26.3 Å². The summed E-state index contributed by atoms with van der Waals surface area (Å²) in [6.45, 7) is 6.40. The van der Waals surface area contributed by atoms with E-state index in [9.17, 15) is 20.2 Å². The molecule has 156 valence electrons. The minimum Gasteiger partial charge on any atom is -0.396 e. The van der Waals surface area contributed by atoms with Crippen LogP contribution in [0.3, 0.4) is 0 Å². The summed E-state index contributed by atoms with van der Waals surface area (Å²) in [5.41, 5.74) is 0.276. The number of anilines is 2. The van der Waals surface area contributed by atoms with Gasteiger partial charge in [-0.1, -0.05) is 0 Å². The average molecular weight is 397 g/mol. The summed E-state index contributed by atoms with van der Waals surface area (Å²) in [6, 6.07) is 0.985. The van der Waals surface area contributed by atoms with Crippen LogP contribution in [0.5, 0.6) is 0 Å². The van der Waals surface area contributed by atoms with Crippen LogP contribution in [0.1, 0.15) is 18.4 Å². The Morgan fingerprint density at radius 3 is 2.11 bits per heavy atom. The number of aliphatic hydroxyl groups is 1. The molecule has 0 saturated carbocycles. The lowest BCUT2D eigenvalue weighted by molar-refractivity contribution is -0.393. The summed E-state index contributed by atoms with van der Waals surface area (Å²) < 4.78 is 5.31. The predicted molar refractivity (Wildman–Crippen MR) is 105 cm³/mol. The lowest BCUT2D eigenvalue weighted by Crippen LogP contribution is -2.37. The number of hydrogen-bond donors (Lipinski definition) is 3. The van der Waals surface area contributed by atoms with Crippen molar-refractivity contribution >= 4 is 22.7 Å². The van der Waals surface area contributed by atoms with Crippen molar-refractivity contribution in [2.75, 3.05) is 63.2 Å². The standard InChI is InChI=1S/C17H27N5O6/c1-13-16(18-4-2-6-20-7-10-28-11-8-20)14(21(24)25)12-15(22(26)27)17(13)19-5-3-9-23/h12,18-19,23H,2-11H2,1H3. The third-order valence-corrected chi connectivity index (χ3v) is 4.62. The second-order valence-corrected chi connectivity index (χ2v) is 6.54. The molecule has 11 nitrogen and oxygen atoms in total. The predicted octanol–water partition coefficient (Wildman–Crippen LogP) is 1.74. The van der Waals surface area contributed by atoms with Crippen LogP contribution >= 0.6 is 0 Å². The van der Waals surface area contributed by atoms with E-state index in [1.807, 2.05) is 0 Å². The monoisotopic (exact) mass is 397 g/mol. The van der Waals surface area contributed by atoms with Crippen LogP contribution in [-0.4, -0.2) is 72.4 Å². The van der Waals surface area contributed by atoms with Crippen LogP contribution in [0, 0.1) is 27.2 Å². The van der Waals surface area contributed by atoms with Crippen LogP contribution < -0.4 is 10.6 Å². The van der Waals surface area contributed by atoms with Crippen molar-refractivity contribution < 1.29 is 19.7 Å². The number of benzene rings is 1.